The number of carbonyl (C=O) groups excluding carboxylic acids is 2. The molecule has 6 rings (SSSR count). The highest BCUT2D eigenvalue weighted by Gasteiger charge is 2.54. The van der Waals surface area contributed by atoms with Crippen LogP contribution < -0.4 is 10.2 Å². The third-order valence-electron chi connectivity index (χ3n) is 7.57. The van der Waals surface area contributed by atoms with E-state index in [9.17, 15) is 9.59 Å². The molecule has 2 N–H and O–H groups in total. The molecule has 9 nitrogen and oxygen atoms in total. The zero-order valence-electron chi connectivity index (χ0n) is 21.0. The maximum Gasteiger partial charge on any atom is 0.250 e. The molecule has 38 heavy (non-hydrogen) atoms. The second kappa shape index (κ2) is 9.66. The van der Waals surface area contributed by atoms with Crippen molar-refractivity contribution in [2.45, 2.75) is 18.4 Å². The number of rotatable bonds is 6. The van der Waals surface area contributed by atoms with Gasteiger partial charge in [-0.25, -0.2) is 4.98 Å². The van der Waals surface area contributed by atoms with Crippen LogP contribution in [-0.4, -0.2) is 68.6 Å². The van der Waals surface area contributed by atoms with Crippen molar-refractivity contribution in [3.8, 4) is 0 Å². The molecule has 0 saturated carbocycles. The van der Waals surface area contributed by atoms with Crippen molar-refractivity contribution in [1.29, 1.82) is 0 Å². The van der Waals surface area contributed by atoms with Gasteiger partial charge in [-0.3, -0.25) is 14.7 Å². The SMILES string of the molecule is C=C(c1cnc2[nH]ncc2c1)N1CCC2(CC1)C(=O)N(CC(=O)Nc1ccccc1)CN2c1ccccc1. The van der Waals surface area contributed by atoms with Crippen LogP contribution in [0.1, 0.15) is 18.4 Å². The zero-order valence-corrected chi connectivity index (χ0v) is 21.0. The van der Waals surface area contributed by atoms with Gasteiger partial charge in [0, 0.05) is 47.3 Å². The Morgan fingerprint density at radius 1 is 1.03 bits per heavy atom. The fraction of sp³-hybridized carbons (Fsp3) is 0.241. The van der Waals surface area contributed by atoms with Crippen LogP contribution in [0.25, 0.3) is 16.7 Å². The van der Waals surface area contributed by atoms with Crippen LogP contribution in [-0.2, 0) is 9.59 Å². The summed E-state index contributed by atoms with van der Waals surface area (Å²) in [7, 11) is 0. The second-order valence-corrected chi connectivity index (χ2v) is 9.82. The quantitative estimate of drug-likeness (QED) is 0.413. The van der Waals surface area contributed by atoms with Crippen LogP contribution in [0.4, 0.5) is 11.4 Å². The van der Waals surface area contributed by atoms with E-state index < -0.39 is 5.54 Å². The molecule has 2 aliphatic heterocycles. The minimum Gasteiger partial charge on any atom is -0.371 e. The van der Waals surface area contributed by atoms with Crippen molar-refractivity contribution in [1.82, 2.24) is 25.0 Å². The molecule has 2 amide bonds. The van der Waals surface area contributed by atoms with Gasteiger partial charge in [0.15, 0.2) is 5.65 Å². The van der Waals surface area contributed by atoms with Gasteiger partial charge >= 0.3 is 0 Å². The molecule has 2 saturated heterocycles. The number of hydrogen-bond donors (Lipinski definition) is 2. The first-order chi connectivity index (χ1) is 18.5. The summed E-state index contributed by atoms with van der Waals surface area (Å²) in [6.45, 7) is 6.05. The number of nitrogens with one attached hydrogen (secondary N) is 2. The van der Waals surface area contributed by atoms with Crippen LogP contribution in [0.15, 0.2) is 85.7 Å². The van der Waals surface area contributed by atoms with Crippen LogP contribution >= 0.6 is 0 Å². The lowest BCUT2D eigenvalue weighted by molar-refractivity contribution is -0.136. The van der Waals surface area contributed by atoms with Crippen LogP contribution in [0.3, 0.4) is 0 Å². The molecule has 2 fully saturated rings. The van der Waals surface area contributed by atoms with Gasteiger partial charge in [0.25, 0.3) is 5.91 Å². The number of piperidine rings is 1. The van der Waals surface area contributed by atoms with E-state index in [-0.39, 0.29) is 18.4 Å². The first-order valence-corrected chi connectivity index (χ1v) is 12.7. The first-order valence-electron chi connectivity index (χ1n) is 12.7. The predicted octanol–water partition coefficient (Wildman–Crippen LogP) is 3.71. The number of hydrogen-bond acceptors (Lipinski definition) is 6. The van der Waals surface area contributed by atoms with E-state index >= 15 is 0 Å². The number of para-hydroxylation sites is 2. The van der Waals surface area contributed by atoms with Gasteiger partial charge in [0.05, 0.1) is 12.9 Å². The van der Waals surface area contributed by atoms with Crippen molar-refractivity contribution in [3.63, 3.8) is 0 Å². The minimum atomic E-state index is -0.710. The van der Waals surface area contributed by atoms with Crippen LogP contribution in [0.2, 0.25) is 0 Å². The molecule has 1 spiro atoms. The lowest BCUT2D eigenvalue weighted by Crippen LogP contribution is -2.56. The van der Waals surface area contributed by atoms with E-state index in [1.165, 1.54) is 0 Å². The number of likely N-dealkylation sites (tertiary alicyclic amines) is 1. The standard InChI is InChI=1S/C29H29N7O2/c1-21(22-16-23-18-31-33-27(23)30-17-22)34-14-12-29(13-15-34)28(38)35(20-36(29)25-10-6-3-7-11-25)19-26(37)32-24-8-4-2-5-9-24/h2-11,16-18H,1,12-15,19-20H2,(H,32,37)(H,30,31,33). The smallest absolute Gasteiger partial charge is 0.250 e. The molecule has 0 bridgehead atoms. The molecule has 0 radical (unpaired) electrons. The predicted molar refractivity (Wildman–Crippen MR) is 147 cm³/mol. The van der Waals surface area contributed by atoms with Crippen molar-refractivity contribution < 1.29 is 9.59 Å². The molecule has 2 aliphatic rings. The number of anilines is 2. The summed E-state index contributed by atoms with van der Waals surface area (Å²) in [6, 6.07) is 21.3. The lowest BCUT2D eigenvalue weighted by atomic mass is 9.85. The number of carbonyl (C=O) groups is 2. The molecule has 0 aliphatic carbocycles. The average Bonchev–Trinajstić information content (AvgIpc) is 3.53. The Kier molecular flexibility index (Phi) is 6.03. The molecule has 4 aromatic rings. The molecule has 192 valence electrons. The lowest BCUT2D eigenvalue weighted by Gasteiger charge is -2.44. The zero-order chi connectivity index (χ0) is 26.1. The highest BCUT2D eigenvalue weighted by molar-refractivity contribution is 5.99. The van der Waals surface area contributed by atoms with Gasteiger partial charge < -0.3 is 20.0 Å². The summed E-state index contributed by atoms with van der Waals surface area (Å²) in [5.74, 6) is -0.209. The molecule has 0 atom stereocenters. The molecule has 2 aromatic carbocycles. The number of benzene rings is 2. The minimum absolute atomic E-state index is 0.00342. The Bertz CT molecular complexity index is 1480. The van der Waals surface area contributed by atoms with Crippen LogP contribution in [0.5, 0.6) is 0 Å². The third kappa shape index (κ3) is 4.26. The highest BCUT2D eigenvalue weighted by atomic mass is 16.2. The van der Waals surface area contributed by atoms with Gasteiger partial charge in [-0.1, -0.05) is 43.0 Å². The number of pyridine rings is 1. The largest absolute Gasteiger partial charge is 0.371 e. The average molecular weight is 508 g/mol. The van der Waals surface area contributed by atoms with E-state index in [2.05, 4.69) is 36.9 Å². The van der Waals surface area contributed by atoms with Gasteiger partial charge in [-0.15, -0.1) is 0 Å². The number of aromatic amines is 1. The Balaban J connectivity index is 1.21. The number of amides is 2. The summed E-state index contributed by atoms with van der Waals surface area (Å²) < 4.78 is 0. The third-order valence-corrected chi connectivity index (χ3v) is 7.57. The first kappa shape index (κ1) is 23.7. The number of nitrogens with zero attached hydrogens (tertiary/aromatic N) is 5. The Hall–Kier alpha value is -4.66. The van der Waals surface area contributed by atoms with Gasteiger partial charge in [-0.2, -0.15) is 5.10 Å². The monoisotopic (exact) mass is 507 g/mol. The fourth-order valence-corrected chi connectivity index (χ4v) is 5.54. The topological polar surface area (TPSA) is 97.5 Å². The van der Waals surface area contributed by atoms with E-state index in [1.807, 2.05) is 66.7 Å². The number of aromatic nitrogens is 3. The Morgan fingerprint density at radius 2 is 1.74 bits per heavy atom. The second-order valence-electron chi connectivity index (χ2n) is 9.82. The molecular weight excluding hydrogens is 478 g/mol. The summed E-state index contributed by atoms with van der Waals surface area (Å²) in [5, 5.41) is 10.8. The van der Waals surface area contributed by atoms with E-state index in [1.54, 1.807) is 17.3 Å². The summed E-state index contributed by atoms with van der Waals surface area (Å²) in [5.41, 5.74) is 3.55. The van der Waals surface area contributed by atoms with Crippen molar-refractivity contribution in [3.05, 3.63) is 91.3 Å². The molecular formula is C29H29N7O2. The number of fused-ring (bicyclic) bond motifs is 1. The van der Waals surface area contributed by atoms with Gasteiger partial charge in [0.2, 0.25) is 5.91 Å². The molecule has 2 aromatic heterocycles. The molecule has 4 heterocycles. The van der Waals surface area contributed by atoms with Gasteiger partial charge in [0.1, 0.15) is 12.1 Å². The Morgan fingerprint density at radius 3 is 2.47 bits per heavy atom. The summed E-state index contributed by atoms with van der Waals surface area (Å²) >= 11 is 0. The van der Waals surface area contributed by atoms with Gasteiger partial charge in [-0.05, 0) is 43.2 Å². The van der Waals surface area contributed by atoms with Crippen molar-refractivity contribution in [2.75, 3.05) is 36.5 Å². The highest BCUT2D eigenvalue weighted by Crippen LogP contribution is 2.40. The van der Waals surface area contributed by atoms with Crippen molar-refractivity contribution in [2.24, 2.45) is 0 Å². The van der Waals surface area contributed by atoms with E-state index in [0.717, 1.165) is 28.0 Å². The van der Waals surface area contributed by atoms with E-state index in [4.69, 9.17) is 0 Å². The summed E-state index contributed by atoms with van der Waals surface area (Å²) in [6.07, 6.45) is 4.80. The normalized spacial score (nSPS) is 16.8. The van der Waals surface area contributed by atoms with Crippen molar-refractivity contribution >= 4 is 39.9 Å². The maximum atomic E-state index is 14.0. The van der Waals surface area contributed by atoms with E-state index in [0.29, 0.717) is 38.3 Å². The number of H-pyrrole nitrogens is 1. The maximum absolute atomic E-state index is 14.0. The Labute approximate surface area is 220 Å². The van der Waals surface area contributed by atoms with Crippen LogP contribution in [0, 0.1) is 0 Å². The molecule has 0 unspecified atom stereocenters. The summed E-state index contributed by atoms with van der Waals surface area (Å²) in [4.78, 5) is 37.3. The molecule has 9 heteroatoms. The fourth-order valence-electron chi connectivity index (χ4n) is 5.54.